The van der Waals surface area contributed by atoms with Crippen molar-refractivity contribution in [3.05, 3.63) is 42.7 Å². The summed E-state index contributed by atoms with van der Waals surface area (Å²) in [4.78, 5) is 0. The fraction of sp³-hybridized carbons (Fsp3) is 0.357. The minimum atomic E-state index is 0.611. The van der Waals surface area contributed by atoms with E-state index in [1.807, 2.05) is 41.2 Å². The molecule has 2 aromatic rings. The van der Waals surface area contributed by atoms with Crippen molar-refractivity contribution in [2.45, 2.75) is 6.54 Å². The Morgan fingerprint density at radius 2 is 2.00 bits per heavy atom. The summed E-state index contributed by atoms with van der Waals surface area (Å²) in [6, 6.07) is 9.57. The quantitative estimate of drug-likeness (QED) is 0.733. The summed E-state index contributed by atoms with van der Waals surface area (Å²) in [6.45, 7) is 3.14. The van der Waals surface area contributed by atoms with Crippen molar-refractivity contribution >= 4 is 0 Å². The average molecular weight is 261 g/mol. The molecule has 0 saturated carbocycles. The van der Waals surface area contributed by atoms with Crippen molar-refractivity contribution in [2.24, 2.45) is 0 Å². The van der Waals surface area contributed by atoms with E-state index >= 15 is 0 Å². The van der Waals surface area contributed by atoms with Gasteiger partial charge in [0, 0.05) is 25.5 Å². The Morgan fingerprint density at radius 1 is 1.16 bits per heavy atom. The number of rotatable bonds is 8. The molecule has 0 spiro atoms. The smallest absolute Gasteiger partial charge is 0.161 e. The predicted molar refractivity (Wildman–Crippen MR) is 73.6 cm³/mol. The third kappa shape index (κ3) is 4.30. The van der Waals surface area contributed by atoms with Crippen LogP contribution >= 0.6 is 0 Å². The topological polar surface area (TPSA) is 48.3 Å². The van der Waals surface area contributed by atoms with Crippen molar-refractivity contribution in [3.63, 3.8) is 0 Å². The van der Waals surface area contributed by atoms with Crippen LogP contribution in [0.25, 0.3) is 0 Å². The van der Waals surface area contributed by atoms with Gasteiger partial charge >= 0.3 is 0 Å². The van der Waals surface area contributed by atoms with Gasteiger partial charge in [0.1, 0.15) is 6.61 Å². The molecule has 0 atom stereocenters. The molecule has 1 aromatic heterocycles. The molecule has 0 aliphatic rings. The van der Waals surface area contributed by atoms with Crippen molar-refractivity contribution in [3.8, 4) is 11.5 Å². The molecule has 0 aliphatic heterocycles. The second kappa shape index (κ2) is 7.43. The normalized spacial score (nSPS) is 10.4. The molecular formula is C14H19N3O2. The second-order valence-electron chi connectivity index (χ2n) is 4.02. The molecule has 5 nitrogen and oxygen atoms in total. The van der Waals surface area contributed by atoms with Crippen LogP contribution in [0, 0.1) is 0 Å². The number of ether oxygens (including phenoxy) is 2. The number of para-hydroxylation sites is 2. The van der Waals surface area contributed by atoms with E-state index in [-0.39, 0.29) is 0 Å². The number of nitrogens with one attached hydrogen (secondary N) is 1. The first-order valence-corrected chi connectivity index (χ1v) is 6.34. The SMILES string of the molecule is COc1ccccc1OCCNCCn1cccn1. The van der Waals surface area contributed by atoms with Crippen LogP contribution in [-0.2, 0) is 6.54 Å². The van der Waals surface area contributed by atoms with Gasteiger partial charge in [-0.05, 0) is 18.2 Å². The molecule has 2 rings (SSSR count). The Kier molecular flexibility index (Phi) is 5.25. The first-order valence-electron chi connectivity index (χ1n) is 6.34. The lowest BCUT2D eigenvalue weighted by Gasteiger charge is -2.10. The Hall–Kier alpha value is -2.01. The highest BCUT2D eigenvalue weighted by Crippen LogP contribution is 2.25. The van der Waals surface area contributed by atoms with E-state index in [0.29, 0.717) is 6.61 Å². The zero-order valence-electron chi connectivity index (χ0n) is 11.1. The molecule has 1 aromatic carbocycles. The Morgan fingerprint density at radius 3 is 2.74 bits per heavy atom. The molecule has 0 unspecified atom stereocenters. The zero-order chi connectivity index (χ0) is 13.3. The van der Waals surface area contributed by atoms with Gasteiger partial charge in [-0.1, -0.05) is 12.1 Å². The van der Waals surface area contributed by atoms with Gasteiger partial charge in [-0.3, -0.25) is 4.68 Å². The van der Waals surface area contributed by atoms with Crippen molar-refractivity contribution in [1.82, 2.24) is 15.1 Å². The van der Waals surface area contributed by atoms with E-state index in [4.69, 9.17) is 9.47 Å². The summed E-state index contributed by atoms with van der Waals surface area (Å²) in [7, 11) is 1.64. The van der Waals surface area contributed by atoms with E-state index in [1.54, 1.807) is 13.3 Å². The van der Waals surface area contributed by atoms with E-state index < -0.39 is 0 Å². The standard InChI is InChI=1S/C14H19N3O2/c1-18-13-5-2-3-6-14(13)19-12-9-15-8-11-17-10-4-7-16-17/h2-7,10,15H,8-9,11-12H2,1H3. The van der Waals surface area contributed by atoms with Crippen LogP contribution in [0.4, 0.5) is 0 Å². The van der Waals surface area contributed by atoms with Gasteiger partial charge in [0.2, 0.25) is 0 Å². The van der Waals surface area contributed by atoms with Crippen LogP contribution in [0.1, 0.15) is 0 Å². The van der Waals surface area contributed by atoms with Crippen molar-refractivity contribution < 1.29 is 9.47 Å². The van der Waals surface area contributed by atoms with Gasteiger partial charge < -0.3 is 14.8 Å². The van der Waals surface area contributed by atoms with Crippen LogP contribution in [0.15, 0.2) is 42.7 Å². The van der Waals surface area contributed by atoms with E-state index in [2.05, 4.69) is 10.4 Å². The lowest BCUT2D eigenvalue weighted by Crippen LogP contribution is -2.25. The summed E-state index contributed by atoms with van der Waals surface area (Å²) in [5, 5.41) is 7.44. The Labute approximate surface area is 113 Å². The highest BCUT2D eigenvalue weighted by Gasteiger charge is 2.01. The van der Waals surface area contributed by atoms with Gasteiger partial charge in [-0.25, -0.2) is 0 Å². The number of hydrogen-bond acceptors (Lipinski definition) is 4. The maximum Gasteiger partial charge on any atom is 0.161 e. The summed E-state index contributed by atoms with van der Waals surface area (Å²) in [5.41, 5.74) is 0. The van der Waals surface area contributed by atoms with Gasteiger partial charge in [0.05, 0.1) is 13.7 Å². The summed E-state index contributed by atoms with van der Waals surface area (Å²) in [5.74, 6) is 1.54. The van der Waals surface area contributed by atoms with Crippen molar-refractivity contribution in [2.75, 3.05) is 26.8 Å². The van der Waals surface area contributed by atoms with Gasteiger partial charge in [-0.2, -0.15) is 5.10 Å². The Bertz CT molecular complexity index is 471. The highest BCUT2D eigenvalue weighted by molar-refractivity contribution is 5.39. The van der Waals surface area contributed by atoms with E-state index in [9.17, 15) is 0 Å². The third-order valence-electron chi connectivity index (χ3n) is 2.68. The second-order valence-corrected chi connectivity index (χ2v) is 4.02. The van der Waals surface area contributed by atoms with Crippen LogP contribution in [0.5, 0.6) is 11.5 Å². The maximum absolute atomic E-state index is 5.66. The number of aromatic nitrogens is 2. The van der Waals surface area contributed by atoms with Gasteiger partial charge in [-0.15, -0.1) is 0 Å². The monoisotopic (exact) mass is 261 g/mol. The zero-order valence-corrected chi connectivity index (χ0v) is 11.1. The minimum absolute atomic E-state index is 0.611. The van der Waals surface area contributed by atoms with Crippen LogP contribution in [0.2, 0.25) is 0 Å². The first-order chi connectivity index (χ1) is 9.40. The molecule has 0 saturated heterocycles. The molecule has 19 heavy (non-hydrogen) atoms. The van der Waals surface area contributed by atoms with Crippen molar-refractivity contribution in [1.29, 1.82) is 0 Å². The van der Waals surface area contributed by atoms with Crippen LogP contribution in [0.3, 0.4) is 0 Å². The number of nitrogens with zero attached hydrogens (tertiary/aromatic N) is 2. The van der Waals surface area contributed by atoms with E-state index in [1.165, 1.54) is 0 Å². The maximum atomic E-state index is 5.66. The summed E-state index contributed by atoms with van der Waals surface area (Å²) >= 11 is 0. The predicted octanol–water partition coefficient (Wildman–Crippen LogP) is 1.56. The fourth-order valence-corrected chi connectivity index (χ4v) is 1.72. The summed E-state index contributed by atoms with van der Waals surface area (Å²) in [6.07, 6.45) is 3.73. The highest BCUT2D eigenvalue weighted by atomic mass is 16.5. The molecule has 0 bridgehead atoms. The molecule has 0 aliphatic carbocycles. The average Bonchev–Trinajstić information content (AvgIpc) is 2.96. The largest absolute Gasteiger partial charge is 0.493 e. The molecular weight excluding hydrogens is 242 g/mol. The fourth-order valence-electron chi connectivity index (χ4n) is 1.72. The first kappa shape index (κ1) is 13.4. The van der Waals surface area contributed by atoms with Crippen LogP contribution in [-0.4, -0.2) is 36.6 Å². The number of hydrogen-bond donors (Lipinski definition) is 1. The summed E-state index contributed by atoms with van der Waals surface area (Å²) < 4.78 is 12.8. The lowest BCUT2D eigenvalue weighted by atomic mass is 10.3. The number of benzene rings is 1. The minimum Gasteiger partial charge on any atom is -0.493 e. The number of methoxy groups -OCH3 is 1. The van der Waals surface area contributed by atoms with Crippen LogP contribution < -0.4 is 14.8 Å². The van der Waals surface area contributed by atoms with E-state index in [0.717, 1.165) is 31.1 Å². The lowest BCUT2D eigenvalue weighted by molar-refractivity contribution is 0.291. The Balaban J connectivity index is 1.61. The molecule has 0 fully saturated rings. The van der Waals surface area contributed by atoms with Gasteiger partial charge in [0.15, 0.2) is 11.5 Å². The molecule has 1 heterocycles. The molecule has 0 radical (unpaired) electrons. The third-order valence-corrected chi connectivity index (χ3v) is 2.68. The molecule has 1 N–H and O–H groups in total. The molecule has 102 valence electrons. The van der Waals surface area contributed by atoms with Gasteiger partial charge in [0.25, 0.3) is 0 Å². The molecule has 0 amide bonds. The molecule has 5 heteroatoms.